The second kappa shape index (κ2) is 5.16. The number of carboxylic acid groups (broad SMARTS) is 1. The van der Waals surface area contributed by atoms with Crippen molar-refractivity contribution in [2.45, 2.75) is 31.9 Å². The van der Waals surface area contributed by atoms with E-state index in [9.17, 15) is 4.79 Å². The van der Waals surface area contributed by atoms with Gasteiger partial charge in [-0.15, -0.1) is 11.3 Å². The summed E-state index contributed by atoms with van der Waals surface area (Å²) in [6, 6.07) is 3.51. The van der Waals surface area contributed by atoms with Gasteiger partial charge in [-0.2, -0.15) is 0 Å². The average molecular weight is 255 g/mol. The molecule has 1 aromatic rings. The Labute approximate surface area is 105 Å². The SMILES string of the molecule is CC1(CNCc2ccc(C(=O)O)s2)CCCO1. The normalized spacial score (nSPS) is 24.1. The smallest absolute Gasteiger partial charge is 0.345 e. The summed E-state index contributed by atoms with van der Waals surface area (Å²) < 4.78 is 5.67. The van der Waals surface area contributed by atoms with Crippen LogP contribution in [0.5, 0.6) is 0 Å². The molecule has 1 saturated heterocycles. The second-order valence-corrected chi connectivity index (χ2v) is 5.74. The van der Waals surface area contributed by atoms with E-state index in [1.165, 1.54) is 11.3 Å². The standard InChI is InChI=1S/C12H17NO3S/c1-12(5-2-6-16-12)8-13-7-9-3-4-10(17-9)11(14)15/h3-4,13H,2,5-8H2,1H3,(H,14,15). The third kappa shape index (κ3) is 3.28. The molecule has 2 N–H and O–H groups in total. The van der Waals surface area contributed by atoms with Gasteiger partial charge in [-0.25, -0.2) is 4.79 Å². The molecule has 1 atom stereocenters. The van der Waals surface area contributed by atoms with Gasteiger partial charge in [0.15, 0.2) is 0 Å². The maximum atomic E-state index is 10.7. The van der Waals surface area contributed by atoms with Gasteiger partial charge in [-0.05, 0) is 31.9 Å². The van der Waals surface area contributed by atoms with E-state index in [0.29, 0.717) is 11.4 Å². The molecule has 1 aliphatic rings. The Morgan fingerprint density at radius 3 is 3.06 bits per heavy atom. The van der Waals surface area contributed by atoms with Crippen LogP contribution in [0.15, 0.2) is 12.1 Å². The third-order valence-electron chi connectivity index (χ3n) is 2.97. The van der Waals surface area contributed by atoms with E-state index in [-0.39, 0.29) is 5.60 Å². The summed E-state index contributed by atoms with van der Waals surface area (Å²) in [4.78, 5) is 12.2. The summed E-state index contributed by atoms with van der Waals surface area (Å²) in [6.07, 6.45) is 2.21. The maximum absolute atomic E-state index is 10.7. The van der Waals surface area contributed by atoms with Crippen molar-refractivity contribution in [2.75, 3.05) is 13.2 Å². The molecule has 2 heterocycles. The molecular weight excluding hydrogens is 238 g/mol. The van der Waals surface area contributed by atoms with E-state index in [1.54, 1.807) is 6.07 Å². The summed E-state index contributed by atoms with van der Waals surface area (Å²) >= 11 is 1.32. The zero-order valence-electron chi connectivity index (χ0n) is 9.86. The van der Waals surface area contributed by atoms with E-state index in [4.69, 9.17) is 9.84 Å². The van der Waals surface area contributed by atoms with Crippen LogP contribution in [0.2, 0.25) is 0 Å². The minimum Gasteiger partial charge on any atom is -0.477 e. The molecule has 0 amide bonds. The molecule has 0 saturated carbocycles. The molecule has 0 spiro atoms. The maximum Gasteiger partial charge on any atom is 0.345 e. The number of hydrogen-bond donors (Lipinski definition) is 2. The first-order chi connectivity index (χ1) is 8.09. The summed E-state index contributed by atoms with van der Waals surface area (Å²) in [7, 11) is 0. The Morgan fingerprint density at radius 2 is 2.47 bits per heavy atom. The molecule has 0 bridgehead atoms. The Kier molecular flexibility index (Phi) is 3.81. The molecule has 0 aliphatic carbocycles. The molecular formula is C12H17NO3S. The van der Waals surface area contributed by atoms with Crippen LogP contribution in [0.3, 0.4) is 0 Å². The molecule has 1 aliphatic heterocycles. The van der Waals surface area contributed by atoms with Crippen molar-refractivity contribution in [1.82, 2.24) is 5.32 Å². The quantitative estimate of drug-likeness (QED) is 0.846. The average Bonchev–Trinajstić information content (AvgIpc) is 2.88. The molecule has 0 radical (unpaired) electrons. The van der Waals surface area contributed by atoms with Crippen LogP contribution in [-0.4, -0.2) is 29.8 Å². The molecule has 1 unspecified atom stereocenters. The van der Waals surface area contributed by atoms with Gasteiger partial charge in [0.25, 0.3) is 0 Å². The van der Waals surface area contributed by atoms with Crippen molar-refractivity contribution < 1.29 is 14.6 Å². The Bertz CT molecular complexity index is 396. The number of thiophene rings is 1. The van der Waals surface area contributed by atoms with Gasteiger partial charge in [-0.1, -0.05) is 0 Å². The summed E-state index contributed by atoms with van der Waals surface area (Å²) in [5.41, 5.74) is -0.0487. The summed E-state index contributed by atoms with van der Waals surface area (Å²) in [6.45, 7) is 4.48. The highest BCUT2D eigenvalue weighted by atomic mass is 32.1. The zero-order chi connectivity index (χ0) is 12.3. The van der Waals surface area contributed by atoms with Crippen LogP contribution in [0.4, 0.5) is 0 Å². The lowest BCUT2D eigenvalue weighted by Gasteiger charge is -2.23. The van der Waals surface area contributed by atoms with Gasteiger partial charge in [0.1, 0.15) is 4.88 Å². The Morgan fingerprint density at radius 1 is 1.65 bits per heavy atom. The number of carbonyl (C=O) groups is 1. The van der Waals surface area contributed by atoms with Crippen molar-refractivity contribution in [1.29, 1.82) is 0 Å². The molecule has 1 fully saturated rings. The molecule has 2 rings (SSSR count). The predicted octanol–water partition coefficient (Wildman–Crippen LogP) is 2.10. The first-order valence-corrected chi connectivity index (χ1v) is 6.57. The topological polar surface area (TPSA) is 58.6 Å². The molecule has 0 aromatic carbocycles. The predicted molar refractivity (Wildman–Crippen MR) is 66.6 cm³/mol. The van der Waals surface area contributed by atoms with E-state index >= 15 is 0 Å². The monoisotopic (exact) mass is 255 g/mol. The van der Waals surface area contributed by atoms with Gasteiger partial charge in [0.2, 0.25) is 0 Å². The molecule has 1 aromatic heterocycles. The van der Waals surface area contributed by atoms with Crippen LogP contribution in [-0.2, 0) is 11.3 Å². The zero-order valence-corrected chi connectivity index (χ0v) is 10.7. The minimum atomic E-state index is -0.854. The van der Waals surface area contributed by atoms with Crippen LogP contribution in [0.25, 0.3) is 0 Å². The third-order valence-corrected chi connectivity index (χ3v) is 4.04. The summed E-state index contributed by atoms with van der Waals surface area (Å²) in [5, 5.41) is 12.1. The lowest BCUT2D eigenvalue weighted by atomic mass is 10.0. The van der Waals surface area contributed by atoms with Gasteiger partial charge in [-0.3, -0.25) is 0 Å². The Balaban J connectivity index is 1.79. The van der Waals surface area contributed by atoms with Crippen LogP contribution in [0, 0.1) is 0 Å². The van der Waals surface area contributed by atoms with E-state index in [2.05, 4.69) is 12.2 Å². The highest BCUT2D eigenvalue weighted by molar-refractivity contribution is 7.13. The highest BCUT2D eigenvalue weighted by Crippen LogP contribution is 2.24. The van der Waals surface area contributed by atoms with E-state index in [1.807, 2.05) is 6.07 Å². The lowest BCUT2D eigenvalue weighted by Crippen LogP contribution is -2.36. The number of rotatable bonds is 5. The van der Waals surface area contributed by atoms with Gasteiger partial charge >= 0.3 is 5.97 Å². The second-order valence-electron chi connectivity index (χ2n) is 4.58. The van der Waals surface area contributed by atoms with Crippen molar-refractivity contribution in [2.24, 2.45) is 0 Å². The van der Waals surface area contributed by atoms with Crippen molar-refractivity contribution in [3.8, 4) is 0 Å². The van der Waals surface area contributed by atoms with Crippen molar-refractivity contribution >= 4 is 17.3 Å². The number of aromatic carboxylic acids is 1. The van der Waals surface area contributed by atoms with Gasteiger partial charge in [0, 0.05) is 24.6 Å². The largest absolute Gasteiger partial charge is 0.477 e. The minimum absolute atomic E-state index is 0.0487. The van der Waals surface area contributed by atoms with Crippen molar-refractivity contribution in [3.63, 3.8) is 0 Å². The lowest BCUT2D eigenvalue weighted by molar-refractivity contribution is 0.0207. The van der Waals surface area contributed by atoms with Crippen molar-refractivity contribution in [3.05, 3.63) is 21.9 Å². The number of ether oxygens (including phenoxy) is 1. The van der Waals surface area contributed by atoms with E-state index in [0.717, 1.165) is 30.9 Å². The molecule has 4 nitrogen and oxygen atoms in total. The highest BCUT2D eigenvalue weighted by Gasteiger charge is 2.28. The molecule has 5 heteroatoms. The fourth-order valence-corrected chi connectivity index (χ4v) is 2.83. The first-order valence-electron chi connectivity index (χ1n) is 5.76. The van der Waals surface area contributed by atoms with Gasteiger partial charge < -0.3 is 15.2 Å². The number of hydrogen-bond acceptors (Lipinski definition) is 4. The Hall–Kier alpha value is -0.910. The van der Waals surface area contributed by atoms with Crippen LogP contribution < -0.4 is 5.32 Å². The number of carboxylic acids is 1. The number of nitrogens with one attached hydrogen (secondary N) is 1. The van der Waals surface area contributed by atoms with E-state index < -0.39 is 5.97 Å². The fourth-order valence-electron chi connectivity index (χ4n) is 2.01. The van der Waals surface area contributed by atoms with Crippen LogP contribution in [0.1, 0.15) is 34.3 Å². The van der Waals surface area contributed by atoms with Gasteiger partial charge in [0.05, 0.1) is 5.60 Å². The summed E-state index contributed by atoms with van der Waals surface area (Å²) in [5.74, 6) is -0.854. The van der Waals surface area contributed by atoms with Crippen LogP contribution >= 0.6 is 11.3 Å². The first kappa shape index (κ1) is 12.5. The molecule has 94 valence electrons. The molecule has 17 heavy (non-hydrogen) atoms. The fraction of sp³-hybridized carbons (Fsp3) is 0.583.